The van der Waals surface area contributed by atoms with E-state index in [1.165, 1.54) is 11.3 Å². The molecule has 1 atom stereocenters. The van der Waals surface area contributed by atoms with Crippen LogP contribution < -0.4 is 5.32 Å². The summed E-state index contributed by atoms with van der Waals surface area (Å²) in [7, 11) is -3.27. The third kappa shape index (κ3) is 5.05. The number of hydrogen-bond donors (Lipinski definition) is 1. The monoisotopic (exact) mass is 523 g/mol. The van der Waals surface area contributed by atoms with E-state index in [4.69, 9.17) is 10.2 Å². The second-order valence-electron chi connectivity index (χ2n) is 9.37. The first-order valence-corrected chi connectivity index (χ1v) is 14.3. The van der Waals surface area contributed by atoms with Gasteiger partial charge >= 0.3 is 0 Å². The largest absolute Gasteiger partial charge is 0.302 e. The fourth-order valence-corrected chi connectivity index (χ4v) is 6.35. The van der Waals surface area contributed by atoms with Crippen molar-refractivity contribution in [1.82, 2.24) is 14.9 Å². The van der Waals surface area contributed by atoms with Crippen LogP contribution in [0, 0.1) is 17.2 Å². The van der Waals surface area contributed by atoms with Gasteiger partial charge in [-0.15, -0.1) is 0 Å². The lowest BCUT2D eigenvalue weighted by Gasteiger charge is -2.38. The van der Waals surface area contributed by atoms with Crippen LogP contribution in [0.1, 0.15) is 55.1 Å². The van der Waals surface area contributed by atoms with Crippen molar-refractivity contribution in [3.8, 4) is 6.07 Å². The van der Waals surface area contributed by atoms with Gasteiger partial charge in [-0.05, 0) is 42.7 Å². The van der Waals surface area contributed by atoms with Gasteiger partial charge in [0.25, 0.3) is 0 Å². The van der Waals surface area contributed by atoms with Gasteiger partial charge in [0.05, 0.1) is 39.6 Å². The maximum atomic E-state index is 12.7. The van der Waals surface area contributed by atoms with Crippen molar-refractivity contribution in [2.24, 2.45) is 5.92 Å². The number of sulfone groups is 1. The number of nitrogens with one attached hydrogen (secondary N) is 1. The Bertz CT molecular complexity index is 1410. The molecule has 2 aromatic heterocycles. The minimum absolute atomic E-state index is 0.0399. The van der Waals surface area contributed by atoms with Gasteiger partial charge in [0.1, 0.15) is 6.07 Å². The quantitative estimate of drug-likeness (QED) is 0.469. The molecule has 1 N–H and O–H groups in total. The summed E-state index contributed by atoms with van der Waals surface area (Å²) in [6.45, 7) is 9.43. The van der Waals surface area contributed by atoms with E-state index in [0.717, 1.165) is 21.8 Å². The van der Waals surface area contributed by atoms with Crippen molar-refractivity contribution in [2.75, 3.05) is 11.1 Å². The molecular weight excluding hydrogens is 494 g/mol. The molecule has 0 radical (unpaired) electrons. The van der Waals surface area contributed by atoms with Crippen molar-refractivity contribution in [3.05, 3.63) is 70.0 Å². The second-order valence-corrected chi connectivity index (χ2v) is 12.7. The summed E-state index contributed by atoms with van der Waals surface area (Å²) >= 11 is 1.48. The Kier molecular flexibility index (Phi) is 7.27. The molecule has 0 aliphatic carbocycles. The number of benzene rings is 1. The molecule has 0 saturated heterocycles. The predicted octanol–water partition coefficient (Wildman–Crippen LogP) is 4.27. The van der Waals surface area contributed by atoms with Gasteiger partial charge in [-0.3, -0.25) is 14.7 Å². The number of carbonyl (C=O) groups is 1. The van der Waals surface area contributed by atoms with E-state index in [2.05, 4.69) is 42.0 Å². The molecule has 36 heavy (non-hydrogen) atoms. The molecule has 1 aliphatic rings. The Morgan fingerprint density at radius 2 is 1.97 bits per heavy atom. The first-order valence-electron chi connectivity index (χ1n) is 11.8. The second kappa shape index (κ2) is 10.1. The highest BCUT2D eigenvalue weighted by Gasteiger charge is 2.46. The lowest BCUT2D eigenvalue weighted by molar-refractivity contribution is -0.115. The van der Waals surface area contributed by atoms with Crippen LogP contribution in [0.4, 0.5) is 5.13 Å². The molecule has 10 heteroatoms. The van der Waals surface area contributed by atoms with E-state index in [1.807, 2.05) is 6.07 Å². The molecule has 0 saturated carbocycles. The van der Waals surface area contributed by atoms with Gasteiger partial charge in [-0.1, -0.05) is 44.2 Å². The highest BCUT2D eigenvalue weighted by molar-refractivity contribution is 7.91. The number of aromatic nitrogens is 2. The van der Waals surface area contributed by atoms with Crippen LogP contribution in [0.2, 0.25) is 0 Å². The number of carbonyl (C=O) groups excluding carboxylic acids is 1. The molecule has 0 bridgehead atoms. The fourth-order valence-electron chi connectivity index (χ4n) is 4.36. The SMILES string of the molecule is CCS(=O)(=O)c1ccc(CC(=O)Nc2nc3c(s2)CN(Cc2ccc(C#N)cn2)C3(C)C(C)C)cc1. The van der Waals surface area contributed by atoms with Gasteiger partial charge in [0.15, 0.2) is 15.0 Å². The molecule has 4 rings (SSSR count). The molecule has 3 aromatic rings. The Morgan fingerprint density at radius 1 is 1.25 bits per heavy atom. The zero-order valence-corrected chi connectivity index (χ0v) is 22.4. The van der Waals surface area contributed by atoms with Gasteiger partial charge in [-0.25, -0.2) is 13.4 Å². The standard InChI is InChI=1S/C26H29N5O3S2/c1-5-36(33,34)21-10-7-18(8-11-21)12-23(32)29-25-30-24-22(35-25)16-31(26(24,4)17(2)3)15-20-9-6-19(13-27)14-28-20/h6-11,14,17H,5,12,15-16H2,1-4H3,(H,29,30,32). The van der Waals surface area contributed by atoms with Gasteiger partial charge in [0.2, 0.25) is 5.91 Å². The zero-order chi connectivity index (χ0) is 26.1. The van der Waals surface area contributed by atoms with Crippen molar-refractivity contribution in [3.63, 3.8) is 0 Å². The summed E-state index contributed by atoms with van der Waals surface area (Å²) in [6, 6.07) is 12.2. The molecule has 8 nitrogen and oxygen atoms in total. The summed E-state index contributed by atoms with van der Waals surface area (Å²) in [5.41, 5.74) is 2.81. The summed E-state index contributed by atoms with van der Waals surface area (Å²) in [6.07, 6.45) is 1.73. The number of pyridine rings is 1. The topological polar surface area (TPSA) is 116 Å². The Balaban J connectivity index is 1.46. The third-order valence-electron chi connectivity index (χ3n) is 6.87. The lowest BCUT2D eigenvalue weighted by atomic mass is 9.85. The number of rotatable bonds is 8. The van der Waals surface area contributed by atoms with Crippen molar-refractivity contribution in [1.29, 1.82) is 5.26 Å². The smallest absolute Gasteiger partial charge is 0.230 e. The highest BCUT2D eigenvalue weighted by Crippen LogP contribution is 2.47. The molecule has 1 aliphatic heterocycles. The van der Waals surface area contributed by atoms with E-state index in [0.29, 0.717) is 23.8 Å². The van der Waals surface area contributed by atoms with E-state index in [-0.39, 0.29) is 34.4 Å². The summed E-state index contributed by atoms with van der Waals surface area (Å²) < 4.78 is 24.0. The summed E-state index contributed by atoms with van der Waals surface area (Å²) in [5.74, 6) is 0.109. The fraction of sp³-hybridized carbons (Fsp3) is 0.385. The van der Waals surface area contributed by atoms with Crippen LogP contribution in [-0.4, -0.2) is 34.9 Å². The number of anilines is 1. The van der Waals surface area contributed by atoms with Crippen LogP contribution in [0.25, 0.3) is 0 Å². The van der Waals surface area contributed by atoms with Crippen LogP contribution in [0.15, 0.2) is 47.5 Å². The molecular formula is C26H29N5O3S2. The Hall–Kier alpha value is -3.13. The number of hydrogen-bond acceptors (Lipinski definition) is 8. The van der Waals surface area contributed by atoms with Crippen molar-refractivity contribution in [2.45, 2.75) is 57.6 Å². The Labute approximate surface area is 215 Å². The van der Waals surface area contributed by atoms with Crippen LogP contribution in [-0.2, 0) is 39.7 Å². The number of nitriles is 1. The number of amides is 1. The zero-order valence-electron chi connectivity index (χ0n) is 20.8. The van der Waals surface area contributed by atoms with Gasteiger partial charge in [0, 0.05) is 24.2 Å². The summed E-state index contributed by atoms with van der Waals surface area (Å²) in [5, 5.41) is 12.5. The molecule has 188 valence electrons. The van der Waals surface area contributed by atoms with E-state index < -0.39 is 9.84 Å². The molecule has 1 aromatic carbocycles. The molecule has 0 fully saturated rings. The average molecular weight is 524 g/mol. The Morgan fingerprint density at radius 3 is 2.56 bits per heavy atom. The molecule has 3 heterocycles. The summed E-state index contributed by atoms with van der Waals surface area (Å²) in [4.78, 5) is 25.7. The maximum Gasteiger partial charge on any atom is 0.230 e. The molecule has 1 unspecified atom stereocenters. The van der Waals surface area contributed by atoms with Crippen LogP contribution >= 0.6 is 11.3 Å². The van der Waals surface area contributed by atoms with E-state index >= 15 is 0 Å². The maximum absolute atomic E-state index is 12.7. The van der Waals surface area contributed by atoms with Gasteiger partial charge < -0.3 is 5.32 Å². The van der Waals surface area contributed by atoms with E-state index in [1.54, 1.807) is 43.5 Å². The van der Waals surface area contributed by atoms with Crippen molar-refractivity contribution < 1.29 is 13.2 Å². The van der Waals surface area contributed by atoms with Crippen LogP contribution in [0.3, 0.4) is 0 Å². The van der Waals surface area contributed by atoms with E-state index in [9.17, 15) is 13.2 Å². The molecule has 1 amide bonds. The normalized spacial score (nSPS) is 17.7. The van der Waals surface area contributed by atoms with Crippen LogP contribution in [0.5, 0.6) is 0 Å². The molecule has 0 spiro atoms. The first-order chi connectivity index (χ1) is 17.1. The predicted molar refractivity (Wildman–Crippen MR) is 139 cm³/mol. The lowest BCUT2D eigenvalue weighted by Crippen LogP contribution is -2.42. The number of fused-ring (bicyclic) bond motifs is 1. The number of thiazole rings is 1. The third-order valence-corrected chi connectivity index (χ3v) is 9.58. The minimum atomic E-state index is -3.27. The van der Waals surface area contributed by atoms with Crippen molar-refractivity contribution >= 4 is 32.2 Å². The minimum Gasteiger partial charge on any atom is -0.302 e. The average Bonchev–Trinajstić information content (AvgIpc) is 3.36. The highest BCUT2D eigenvalue weighted by atomic mass is 32.2. The number of nitrogens with zero attached hydrogens (tertiary/aromatic N) is 4. The first kappa shape index (κ1) is 25.9. The van der Waals surface area contributed by atoms with Gasteiger partial charge in [-0.2, -0.15) is 5.26 Å².